The number of ether oxygens (including phenoxy) is 1. The predicted octanol–water partition coefficient (Wildman–Crippen LogP) is 4.12. The van der Waals surface area contributed by atoms with Crippen molar-refractivity contribution in [2.75, 3.05) is 7.05 Å². The van der Waals surface area contributed by atoms with E-state index in [1.165, 1.54) is 5.56 Å². The topological polar surface area (TPSA) is 29.5 Å². The quantitative estimate of drug-likeness (QED) is 0.803. The van der Waals surface area contributed by atoms with E-state index in [0.29, 0.717) is 13.0 Å². The average Bonchev–Trinajstić information content (AvgIpc) is 2.55. The number of benzene rings is 2. The van der Waals surface area contributed by atoms with Crippen LogP contribution in [-0.4, -0.2) is 24.0 Å². The number of carbonyl (C=O) groups excluding carboxylic acids is 1. The minimum Gasteiger partial charge on any atom is -0.480 e. The third-order valence-electron chi connectivity index (χ3n) is 3.93. The summed E-state index contributed by atoms with van der Waals surface area (Å²) in [5.74, 6) is 0.785. The van der Waals surface area contributed by atoms with Gasteiger partial charge >= 0.3 is 0 Å². The van der Waals surface area contributed by atoms with Gasteiger partial charge in [0, 0.05) is 13.6 Å². The van der Waals surface area contributed by atoms with Crippen molar-refractivity contribution in [1.82, 2.24) is 4.90 Å². The van der Waals surface area contributed by atoms with Gasteiger partial charge in [0.2, 0.25) is 0 Å². The van der Waals surface area contributed by atoms with Gasteiger partial charge in [-0.3, -0.25) is 4.79 Å². The van der Waals surface area contributed by atoms with Crippen LogP contribution in [0.3, 0.4) is 0 Å². The summed E-state index contributed by atoms with van der Waals surface area (Å²) in [6, 6.07) is 16.0. The molecular weight excluding hydrogens is 286 g/mol. The molecule has 0 aromatic heterocycles. The van der Waals surface area contributed by atoms with Crippen LogP contribution in [0.15, 0.2) is 48.5 Å². The maximum Gasteiger partial charge on any atom is 0.263 e. The molecule has 122 valence electrons. The van der Waals surface area contributed by atoms with Gasteiger partial charge in [-0.1, -0.05) is 55.0 Å². The lowest BCUT2D eigenvalue weighted by molar-refractivity contribution is -0.138. The molecule has 0 aliphatic heterocycles. The van der Waals surface area contributed by atoms with Crippen molar-refractivity contribution in [2.45, 2.75) is 39.8 Å². The lowest BCUT2D eigenvalue weighted by atomic mass is 10.1. The number of likely N-dealkylation sites (N-methyl/N-ethyl adjacent to an activating group) is 1. The van der Waals surface area contributed by atoms with Crippen molar-refractivity contribution in [3.63, 3.8) is 0 Å². The Morgan fingerprint density at radius 1 is 1.09 bits per heavy atom. The molecule has 3 nitrogen and oxygen atoms in total. The molecule has 1 amide bonds. The summed E-state index contributed by atoms with van der Waals surface area (Å²) in [6.07, 6.45) is 0.192. The number of para-hydroxylation sites is 1. The van der Waals surface area contributed by atoms with E-state index in [-0.39, 0.29) is 5.91 Å². The second-order valence-corrected chi connectivity index (χ2v) is 5.96. The van der Waals surface area contributed by atoms with Crippen LogP contribution < -0.4 is 4.74 Å². The van der Waals surface area contributed by atoms with Crippen molar-refractivity contribution in [2.24, 2.45) is 0 Å². The van der Waals surface area contributed by atoms with Crippen molar-refractivity contribution in [3.8, 4) is 5.75 Å². The Balaban J connectivity index is 2.03. The smallest absolute Gasteiger partial charge is 0.263 e. The van der Waals surface area contributed by atoms with Crippen LogP contribution in [0.4, 0.5) is 0 Å². The summed E-state index contributed by atoms with van der Waals surface area (Å²) in [5.41, 5.74) is 3.38. The molecule has 0 aliphatic carbocycles. The molecule has 0 heterocycles. The van der Waals surface area contributed by atoms with Gasteiger partial charge < -0.3 is 9.64 Å². The fourth-order valence-electron chi connectivity index (χ4n) is 2.44. The second kappa shape index (κ2) is 7.82. The lowest BCUT2D eigenvalue weighted by Crippen LogP contribution is -2.39. The maximum absolute atomic E-state index is 12.7. The molecule has 0 radical (unpaired) electrons. The molecule has 2 aromatic carbocycles. The maximum atomic E-state index is 12.7. The zero-order valence-electron chi connectivity index (χ0n) is 14.4. The van der Waals surface area contributed by atoms with Crippen molar-refractivity contribution in [3.05, 3.63) is 65.2 Å². The molecule has 2 rings (SSSR count). The number of hydrogen-bond donors (Lipinski definition) is 0. The first-order valence-electron chi connectivity index (χ1n) is 8.04. The number of carbonyl (C=O) groups is 1. The molecule has 0 fully saturated rings. The summed E-state index contributed by atoms with van der Waals surface area (Å²) in [4.78, 5) is 14.4. The van der Waals surface area contributed by atoms with Gasteiger partial charge in [0.15, 0.2) is 6.10 Å². The van der Waals surface area contributed by atoms with Crippen molar-refractivity contribution >= 4 is 5.91 Å². The first-order valence-corrected chi connectivity index (χ1v) is 8.04. The lowest BCUT2D eigenvalue weighted by Gasteiger charge is -2.24. The highest BCUT2D eigenvalue weighted by molar-refractivity contribution is 5.81. The van der Waals surface area contributed by atoms with Gasteiger partial charge in [-0.05, 0) is 37.5 Å². The number of amides is 1. The van der Waals surface area contributed by atoms with Crippen LogP contribution in [0.2, 0.25) is 0 Å². The monoisotopic (exact) mass is 311 g/mol. The zero-order valence-corrected chi connectivity index (χ0v) is 14.4. The highest BCUT2D eigenvalue weighted by Crippen LogP contribution is 2.20. The van der Waals surface area contributed by atoms with Gasteiger partial charge in [-0.15, -0.1) is 0 Å². The molecule has 0 bridgehead atoms. The fraction of sp³-hybridized carbons (Fsp3) is 0.350. The molecule has 0 unspecified atom stereocenters. The molecule has 0 aliphatic rings. The summed E-state index contributed by atoms with van der Waals surface area (Å²) in [6.45, 7) is 6.61. The fourth-order valence-corrected chi connectivity index (χ4v) is 2.44. The largest absolute Gasteiger partial charge is 0.480 e. The van der Waals surface area contributed by atoms with E-state index in [9.17, 15) is 4.79 Å². The van der Waals surface area contributed by atoms with Gasteiger partial charge in [0.25, 0.3) is 5.91 Å². The van der Waals surface area contributed by atoms with Crippen molar-refractivity contribution in [1.29, 1.82) is 0 Å². The molecule has 1 atom stereocenters. The Labute approximate surface area is 138 Å². The van der Waals surface area contributed by atoms with E-state index in [1.54, 1.807) is 4.90 Å². The predicted molar refractivity (Wildman–Crippen MR) is 93.5 cm³/mol. The Bertz CT molecular complexity index is 649. The van der Waals surface area contributed by atoms with Gasteiger partial charge in [0.1, 0.15) is 5.75 Å². The van der Waals surface area contributed by atoms with Crippen LogP contribution in [-0.2, 0) is 11.3 Å². The van der Waals surface area contributed by atoms with Crippen molar-refractivity contribution < 1.29 is 9.53 Å². The first kappa shape index (κ1) is 17.1. The minimum absolute atomic E-state index is 0.0105. The highest BCUT2D eigenvalue weighted by atomic mass is 16.5. The first-order chi connectivity index (χ1) is 11.0. The standard InChI is InChI=1S/C20H25NO2/c1-5-18(23-19-9-7-6-8-16(19)3)20(22)21(4)14-17-12-10-15(2)11-13-17/h6-13,18H,5,14H2,1-4H3/t18-/m1/s1. The second-order valence-electron chi connectivity index (χ2n) is 5.96. The molecule has 0 N–H and O–H groups in total. The third-order valence-corrected chi connectivity index (χ3v) is 3.93. The normalized spacial score (nSPS) is 11.8. The summed E-state index contributed by atoms with van der Waals surface area (Å²) in [5, 5.41) is 0. The van der Waals surface area contributed by atoms with Gasteiger partial charge in [-0.2, -0.15) is 0 Å². The molecular formula is C20H25NO2. The zero-order chi connectivity index (χ0) is 16.8. The Hall–Kier alpha value is -2.29. The number of aryl methyl sites for hydroxylation is 2. The van der Waals surface area contributed by atoms with Gasteiger partial charge in [-0.25, -0.2) is 0 Å². The molecule has 0 spiro atoms. The highest BCUT2D eigenvalue weighted by Gasteiger charge is 2.22. The van der Waals surface area contributed by atoms with E-state index < -0.39 is 6.10 Å². The van der Waals surface area contributed by atoms with E-state index in [0.717, 1.165) is 16.9 Å². The summed E-state index contributed by atoms with van der Waals surface area (Å²) < 4.78 is 5.94. The van der Waals surface area contributed by atoms with E-state index in [4.69, 9.17) is 4.74 Å². The number of nitrogens with zero attached hydrogens (tertiary/aromatic N) is 1. The minimum atomic E-state index is -0.452. The molecule has 0 saturated heterocycles. The molecule has 23 heavy (non-hydrogen) atoms. The van der Waals surface area contributed by atoms with Gasteiger partial charge in [0.05, 0.1) is 0 Å². The Kier molecular flexibility index (Phi) is 5.80. The van der Waals surface area contributed by atoms with Crippen LogP contribution in [0, 0.1) is 13.8 Å². The Morgan fingerprint density at radius 3 is 2.35 bits per heavy atom. The average molecular weight is 311 g/mol. The van der Waals surface area contributed by atoms with Crippen LogP contribution in [0.5, 0.6) is 5.75 Å². The number of hydrogen-bond acceptors (Lipinski definition) is 2. The van der Waals surface area contributed by atoms with E-state index in [2.05, 4.69) is 31.2 Å². The van der Waals surface area contributed by atoms with Crippen LogP contribution in [0.25, 0.3) is 0 Å². The van der Waals surface area contributed by atoms with E-state index in [1.807, 2.05) is 45.2 Å². The third kappa shape index (κ3) is 4.59. The summed E-state index contributed by atoms with van der Waals surface area (Å²) in [7, 11) is 1.83. The Morgan fingerprint density at radius 2 is 1.74 bits per heavy atom. The molecule has 3 heteroatoms. The van der Waals surface area contributed by atoms with Crippen LogP contribution >= 0.6 is 0 Å². The van der Waals surface area contributed by atoms with E-state index >= 15 is 0 Å². The summed E-state index contributed by atoms with van der Waals surface area (Å²) >= 11 is 0. The molecule has 0 saturated carbocycles. The number of rotatable bonds is 6. The SMILES string of the molecule is CC[C@@H](Oc1ccccc1C)C(=O)N(C)Cc1ccc(C)cc1. The van der Waals surface area contributed by atoms with Crippen LogP contribution in [0.1, 0.15) is 30.0 Å². The molecule has 2 aromatic rings.